The lowest BCUT2D eigenvalue weighted by Gasteiger charge is -2.37. The molecule has 2 fully saturated rings. The fraction of sp³-hybridized carbons (Fsp3) is 0.480. The van der Waals surface area contributed by atoms with Crippen molar-refractivity contribution in [3.05, 3.63) is 45.9 Å². The number of hydrogen-bond acceptors (Lipinski definition) is 9. The molecule has 1 N–H and O–H groups in total. The maximum Gasteiger partial charge on any atom is 0.299 e. The van der Waals surface area contributed by atoms with Gasteiger partial charge in [0.2, 0.25) is 11.7 Å². The summed E-state index contributed by atoms with van der Waals surface area (Å²) in [6.07, 6.45) is 3.78. The number of amides is 1. The van der Waals surface area contributed by atoms with E-state index in [9.17, 15) is 14.4 Å². The number of aldehydes is 1. The molecule has 37 heavy (non-hydrogen) atoms. The van der Waals surface area contributed by atoms with E-state index in [0.717, 1.165) is 17.7 Å². The second-order valence-corrected chi connectivity index (χ2v) is 10.6. The van der Waals surface area contributed by atoms with Crippen LogP contribution in [0.5, 0.6) is 0 Å². The van der Waals surface area contributed by atoms with Gasteiger partial charge in [-0.2, -0.15) is 9.50 Å². The molecule has 1 aliphatic heterocycles. The number of aromatic nitrogens is 4. The molecule has 11 nitrogen and oxygen atoms in total. The highest BCUT2D eigenvalue weighted by Crippen LogP contribution is 2.35. The van der Waals surface area contributed by atoms with E-state index in [-0.39, 0.29) is 18.0 Å². The first-order chi connectivity index (χ1) is 17.9. The second-order valence-electron chi connectivity index (χ2n) is 9.49. The van der Waals surface area contributed by atoms with E-state index in [1.54, 1.807) is 35.5 Å². The minimum Gasteiger partial charge on any atom is -0.362 e. The van der Waals surface area contributed by atoms with Crippen molar-refractivity contribution in [2.75, 3.05) is 54.8 Å². The van der Waals surface area contributed by atoms with E-state index in [1.165, 1.54) is 17.4 Å². The van der Waals surface area contributed by atoms with E-state index in [0.29, 0.717) is 60.8 Å². The molecule has 12 heteroatoms. The van der Waals surface area contributed by atoms with Gasteiger partial charge in [0, 0.05) is 45.5 Å². The number of carbonyl (C=O) groups is 2. The maximum atomic E-state index is 13.6. The maximum absolute atomic E-state index is 13.6. The Kier molecular flexibility index (Phi) is 7.09. The van der Waals surface area contributed by atoms with Gasteiger partial charge in [-0.05, 0) is 43.3 Å². The molecule has 1 saturated heterocycles. The molecule has 0 radical (unpaired) electrons. The van der Waals surface area contributed by atoms with Crippen molar-refractivity contribution in [2.24, 2.45) is 0 Å². The molecule has 1 saturated carbocycles. The van der Waals surface area contributed by atoms with Gasteiger partial charge < -0.3 is 28.8 Å². The van der Waals surface area contributed by atoms with Crippen LogP contribution in [0, 0.1) is 0 Å². The van der Waals surface area contributed by atoms with Crippen LogP contribution in [0.3, 0.4) is 0 Å². The van der Waals surface area contributed by atoms with Crippen molar-refractivity contribution in [3.8, 4) is 0 Å². The molecule has 1 aromatic carbocycles. The Morgan fingerprint density at radius 1 is 1.19 bits per heavy atom. The van der Waals surface area contributed by atoms with E-state index in [1.807, 2.05) is 41.0 Å². The Labute approximate surface area is 219 Å². The van der Waals surface area contributed by atoms with Gasteiger partial charge in [0.25, 0.3) is 11.5 Å². The van der Waals surface area contributed by atoms with Crippen molar-refractivity contribution in [1.82, 2.24) is 24.1 Å². The first-order valence-corrected chi connectivity index (χ1v) is 13.5. The topological polar surface area (TPSA) is 108 Å². The van der Waals surface area contributed by atoms with Gasteiger partial charge in [0.1, 0.15) is 12.0 Å². The summed E-state index contributed by atoms with van der Waals surface area (Å²) < 4.78 is 6.41. The molecule has 0 unspecified atom stereocenters. The molecule has 5 rings (SSSR count). The Balaban J connectivity index is 1.40. The van der Waals surface area contributed by atoms with E-state index >= 15 is 0 Å². The lowest BCUT2D eigenvalue weighted by Crippen LogP contribution is -2.51. The van der Waals surface area contributed by atoms with Gasteiger partial charge in [-0.15, -0.1) is 5.10 Å². The largest absolute Gasteiger partial charge is 0.362 e. The molecule has 3 heterocycles. The third kappa shape index (κ3) is 4.89. The summed E-state index contributed by atoms with van der Waals surface area (Å²) in [5.41, 5.74) is 2.49. The summed E-state index contributed by atoms with van der Waals surface area (Å²) >= 11 is 1.68. The van der Waals surface area contributed by atoms with Crippen LogP contribution in [-0.4, -0.2) is 81.8 Å². The SMILES string of the molecule is CCc1c(N2CCN(C(=O)c3ccccc3NSC3CC3)CC2)c(=O)n2nc(N(C)C)nc2n1CC=O. The number of benzene rings is 1. The zero-order valence-electron chi connectivity index (χ0n) is 21.4. The van der Waals surface area contributed by atoms with Crippen molar-refractivity contribution < 1.29 is 9.59 Å². The normalized spacial score (nSPS) is 15.8. The van der Waals surface area contributed by atoms with Crippen molar-refractivity contribution in [2.45, 2.75) is 38.0 Å². The van der Waals surface area contributed by atoms with Gasteiger partial charge in [0.05, 0.1) is 23.5 Å². The standard InChI is InChI=1S/C25H32N8O3S/c1-4-20-21(23(36)33-25(32(20)15-16-34)26-24(27-33)29(2)3)30-11-13-31(14-12-30)22(35)18-7-5-6-8-19(18)28-37-17-9-10-17/h5-8,16-17,28H,4,9-15H2,1-3H3. The summed E-state index contributed by atoms with van der Waals surface area (Å²) in [5, 5.41) is 5.02. The van der Waals surface area contributed by atoms with Crippen LogP contribution in [0.15, 0.2) is 29.1 Å². The molecule has 0 atom stereocenters. The lowest BCUT2D eigenvalue weighted by atomic mass is 10.1. The molecule has 0 spiro atoms. The van der Waals surface area contributed by atoms with E-state index in [2.05, 4.69) is 14.8 Å². The van der Waals surface area contributed by atoms with Crippen LogP contribution in [0.1, 0.15) is 35.8 Å². The number of hydrogen-bond donors (Lipinski definition) is 1. The fourth-order valence-electron chi connectivity index (χ4n) is 4.60. The Bertz CT molecular complexity index is 1370. The number of rotatable bonds is 9. The summed E-state index contributed by atoms with van der Waals surface area (Å²) in [6, 6.07) is 7.62. The zero-order valence-corrected chi connectivity index (χ0v) is 22.2. The van der Waals surface area contributed by atoms with Gasteiger partial charge >= 0.3 is 0 Å². The first-order valence-electron chi connectivity index (χ1n) is 12.6. The zero-order chi connectivity index (χ0) is 26.1. The van der Waals surface area contributed by atoms with Crippen LogP contribution in [-0.2, 0) is 17.8 Å². The fourth-order valence-corrected chi connectivity index (χ4v) is 5.45. The number of nitrogens with zero attached hydrogens (tertiary/aromatic N) is 7. The van der Waals surface area contributed by atoms with Crippen LogP contribution in [0.2, 0.25) is 0 Å². The van der Waals surface area contributed by atoms with E-state index < -0.39 is 0 Å². The number of anilines is 3. The highest BCUT2D eigenvalue weighted by atomic mass is 32.2. The van der Waals surface area contributed by atoms with Crippen molar-refractivity contribution in [1.29, 1.82) is 0 Å². The Hall–Kier alpha value is -3.54. The minimum atomic E-state index is -0.263. The van der Waals surface area contributed by atoms with Gasteiger partial charge in [-0.25, -0.2) is 0 Å². The molecule has 2 aliphatic rings. The number of fused-ring (bicyclic) bond motifs is 1. The molecular weight excluding hydrogens is 492 g/mol. The predicted molar refractivity (Wildman–Crippen MR) is 146 cm³/mol. The minimum absolute atomic E-state index is 0.0180. The molecule has 0 bridgehead atoms. The number of nitrogens with one attached hydrogen (secondary N) is 1. The summed E-state index contributed by atoms with van der Waals surface area (Å²) in [6.45, 7) is 4.01. The van der Waals surface area contributed by atoms with Crippen molar-refractivity contribution in [3.63, 3.8) is 0 Å². The third-order valence-electron chi connectivity index (χ3n) is 6.71. The van der Waals surface area contributed by atoms with Crippen LogP contribution >= 0.6 is 11.9 Å². The lowest BCUT2D eigenvalue weighted by molar-refractivity contribution is -0.108. The van der Waals surface area contributed by atoms with Crippen LogP contribution in [0.25, 0.3) is 5.78 Å². The molecule has 1 amide bonds. The van der Waals surface area contributed by atoms with Gasteiger partial charge in [-0.1, -0.05) is 19.1 Å². The summed E-state index contributed by atoms with van der Waals surface area (Å²) in [7, 11) is 3.61. The molecule has 196 valence electrons. The average molecular weight is 525 g/mol. The number of carbonyl (C=O) groups excluding carboxylic acids is 2. The quantitative estimate of drug-likeness (QED) is 0.332. The number of para-hydroxylation sites is 1. The molecule has 3 aromatic rings. The highest BCUT2D eigenvalue weighted by Gasteiger charge is 2.29. The van der Waals surface area contributed by atoms with E-state index in [4.69, 9.17) is 0 Å². The first kappa shape index (κ1) is 25.1. The third-order valence-corrected chi connectivity index (χ3v) is 7.85. The smallest absolute Gasteiger partial charge is 0.299 e. The molecule has 2 aromatic heterocycles. The van der Waals surface area contributed by atoms with Crippen LogP contribution in [0.4, 0.5) is 17.3 Å². The molecular formula is C25H32N8O3S. The average Bonchev–Trinajstić information content (AvgIpc) is 3.63. The Morgan fingerprint density at radius 2 is 1.92 bits per heavy atom. The van der Waals surface area contributed by atoms with Crippen molar-refractivity contribution >= 4 is 47.2 Å². The second kappa shape index (κ2) is 10.4. The summed E-state index contributed by atoms with van der Waals surface area (Å²) in [4.78, 5) is 48.6. The summed E-state index contributed by atoms with van der Waals surface area (Å²) in [5.74, 6) is 0.734. The Morgan fingerprint density at radius 3 is 2.57 bits per heavy atom. The highest BCUT2D eigenvalue weighted by molar-refractivity contribution is 8.01. The van der Waals surface area contributed by atoms with Gasteiger partial charge in [0.15, 0.2) is 0 Å². The molecule has 1 aliphatic carbocycles. The predicted octanol–water partition coefficient (Wildman–Crippen LogP) is 1.90. The monoisotopic (exact) mass is 524 g/mol. The van der Waals surface area contributed by atoms with Gasteiger partial charge in [-0.3, -0.25) is 9.59 Å². The van der Waals surface area contributed by atoms with Crippen LogP contribution < -0.4 is 20.1 Å². The number of piperazine rings is 1.